The van der Waals surface area contributed by atoms with Crippen LogP contribution in [-0.4, -0.2) is 22.2 Å². The van der Waals surface area contributed by atoms with E-state index in [4.69, 9.17) is 10.2 Å². The van der Waals surface area contributed by atoms with Crippen LogP contribution in [0.3, 0.4) is 0 Å². The summed E-state index contributed by atoms with van der Waals surface area (Å²) in [5, 5.41) is 17.7. The summed E-state index contributed by atoms with van der Waals surface area (Å²) in [6.45, 7) is 0. The van der Waals surface area contributed by atoms with E-state index in [9.17, 15) is 9.59 Å². The van der Waals surface area contributed by atoms with Gasteiger partial charge in [-0.05, 0) is 29.9 Å². The molecule has 0 aromatic heterocycles. The molecule has 0 aliphatic heterocycles. The smallest absolute Gasteiger partial charge is 0.311 e. The highest BCUT2D eigenvalue weighted by Crippen LogP contribution is 2.40. The van der Waals surface area contributed by atoms with Crippen molar-refractivity contribution in [2.75, 3.05) is 0 Å². The molecule has 1 aromatic carbocycles. The summed E-state index contributed by atoms with van der Waals surface area (Å²) in [6, 6.07) is 7.28. The molecular formula is C13H14O4. The van der Waals surface area contributed by atoms with Crippen LogP contribution in [0.25, 0.3) is 0 Å². The van der Waals surface area contributed by atoms with Crippen LogP contribution in [-0.2, 0) is 9.59 Å². The lowest BCUT2D eigenvalue weighted by Gasteiger charge is -2.10. The SMILES string of the molecule is O=C(O)C[C@@H](C(=O)O)c1ccc(C2CC2)cc1. The summed E-state index contributed by atoms with van der Waals surface area (Å²) in [7, 11) is 0. The summed E-state index contributed by atoms with van der Waals surface area (Å²) in [6.07, 6.45) is 2.01. The maximum Gasteiger partial charge on any atom is 0.311 e. The molecule has 2 N–H and O–H groups in total. The molecule has 4 heteroatoms. The molecule has 2 rings (SSSR count). The molecule has 4 nitrogen and oxygen atoms in total. The van der Waals surface area contributed by atoms with Crippen molar-refractivity contribution in [1.29, 1.82) is 0 Å². The van der Waals surface area contributed by atoms with Crippen molar-refractivity contribution in [2.45, 2.75) is 31.1 Å². The van der Waals surface area contributed by atoms with Crippen LogP contribution in [0.5, 0.6) is 0 Å². The molecule has 17 heavy (non-hydrogen) atoms. The average molecular weight is 234 g/mol. The standard InChI is InChI=1S/C13H14O4/c14-12(15)7-11(13(16)17)10-5-3-9(4-6-10)8-1-2-8/h3-6,8,11H,1-2,7H2,(H,14,15)(H,16,17)/t11-/m1/s1. The molecule has 0 unspecified atom stereocenters. The van der Waals surface area contributed by atoms with E-state index in [-0.39, 0.29) is 6.42 Å². The van der Waals surface area contributed by atoms with Crippen molar-refractivity contribution in [1.82, 2.24) is 0 Å². The Balaban J connectivity index is 2.17. The summed E-state index contributed by atoms with van der Waals surface area (Å²) >= 11 is 0. The zero-order chi connectivity index (χ0) is 12.4. The third-order valence-electron chi connectivity index (χ3n) is 3.06. The van der Waals surface area contributed by atoms with Gasteiger partial charge in [0.25, 0.3) is 0 Å². The van der Waals surface area contributed by atoms with Gasteiger partial charge in [-0.3, -0.25) is 9.59 Å². The third-order valence-corrected chi connectivity index (χ3v) is 3.06. The molecule has 1 aliphatic rings. The summed E-state index contributed by atoms with van der Waals surface area (Å²) in [5.74, 6) is -2.53. The molecule has 0 amide bonds. The minimum absolute atomic E-state index is 0.377. The van der Waals surface area contributed by atoms with Gasteiger partial charge in [0.2, 0.25) is 0 Å². The van der Waals surface area contributed by atoms with Crippen LogP contribution in [0.2, 0.25) is 0 Å². The fourth-order valence-electron chi connectivity index (χ4n) is 1.94. The predicted molar refractivity (Wildman–Crippen MR) is 61.0 cm³/mol. The van der Waals surface area contributed by atoms with Gasteiger partial charge in [0.1, 0.15) is 0 Å². The van der Waals surface area contributed by atoms with E-state index in [0.717, 1.165) is 0 Å². The highest BCUT2D eigenvalue weighted by molar-refractivity contribution is 5.82. The van der Waals surface area contributed by atoms with E-state index < -0.39 is 17.9 Å². The lowest BCUT2D eigenvalue weighted by atomic mass is 9.94. The molecular weight excluding hydrogens is 220 g/mol. The number of rotatable bonds is 5. The van der Waals surface area contributed by atoms with Crippen molar-refractivity contribution in [2.24, 2.45) is 0 Å². The van der Waals surface area contributed by atoms with Crippen molar-refractivity contribution in [3.05, 3.63) is 35.4 Å². The van der Waals surface area contributed by atoms with Crippen LogP contribution in [0, 0.1) is 0 Å². The van der Waals surface area contributed by atoms with Gasteiger partial charge in [0.05, 0.1) is 12.3 Å². The molecule has 1 saturated carbocycles. The lowest BCUT2D eigenvalue weighted by Crippen LogP contribution is -2.15. The number of aliphatic carboxylic acids is 2. The van der Waals surface area contributed by atoms with Gasteiger partial charge >= 0.3 is 11.9 Å². The Morgan fingerprint density at radius 3 is 2.18 bits per heavy atom. The third kappa shape index (κ3) is 2.84. The fourth-order valence-corrected chi connectivity index (χ4v) is 1.94. The second kappa shape index (κ2) is 4.57. The number of hydrogen-bond donors (Lipinski definition) is 2. The fraction of sp³-hybridized carbons (Fsp3) is 0.385. The van der Waals surface area contributed by atoms with E-state index in [1.54, 1.807) is 12.1 Å². The summed E-state index contributed by atoms with van der Waals surface area (Å²) in [5.41, 5.74) is 1.78. The van der Waals surface area contributed by atoms with Crippen molar-refractivity contribution < 1.29 is 19.8 Å². The Kier molecular flexibility index (Phi) is 3.13. The molecule has 0 radical (unpaired) electrons. The van der Waals surface area contributed by atoms with Gasteiger partial charge in [0, 0.05) is 0 Å². The molecule has 0 heterocycles. The topological polar surface area (TPSA) is 74.6 Å². The molecule has 90 valence electrons. The number of hydrogen-bond acceptors (Lipinski definition) is 2. The van der Waals surface area contributed by atoms with Crippen molar-refractivity contribution >= 4 is 11.9 Å². The maximum absolute atomic E-state index is 11.0. The molecule has 1 fully saturated rings. The quantitative estimate of drug-likeness (QED) is 0.819. The first-order valence-electron chi connectivity index (χ1n) is 5.62. The molecule has 0 bridgehead atoms. The Hall–Kier alpha value is -1.84. The highest BCUT2D eigenvalue weighted by atomic mass is 16.4. The first-order chi connectivity index (χ1) is 8.08. The highest BCUT2D eigenvalue weighted by Gasteiger charge is 2.25. The van der Waals surface area contributed by atoms with Gasteiger partial charge < -0.3 is 10.2 Å². The first-order valence-corrected chi connectivity index (χ1v) is 5.62. The Bertz CT molecular complexity index is 431. The van der Waals surface area contributed by atoms with E-state index >= 15 is 0 Å². The maximum atomic E-state index is 11.0. The van der Waals surface area contributed by atoms with Crippen LogP contribution >= 0.6 is 0 Å². The largest absolute Gasteiger partial charge is 0.481 e. The number of benzene rings is 1. The zero-order valence-corrected chi connectivity index (χ0v) is 9.30. The van der Waals surface area contributed by atoms with Crippen molar-refractivity contribution in [3.63, 3.8) is 0 Å². The first kappa shape index (κ1) is 11.6. The summed E-state index contributed by atoms with van der Waals surface area (Å²) < 4.78 is 0. The van der Waals surface area contributed by atoms with E-state index in [2.05, 4.69) is 0 Å². The van der Waals surface area contributed by atoms with Gasteiger partial charge in [0.15, 0.2) is 0 Å². The molecule has 1 aliphatic carbocycles. The lowest BCUT2D eigenvalue weighted by molar-refractivity contribution is -0.145. The van der Waals surface area contributed by atoms with E-state index in [0.29, 0.717) is 11.5 Å². The monoisotopic (exact) mass is 234 g/mol. The van der Waals surface area contributed by atoms with Gasteiger partial charge in [-0.2, -0.15) is 0 Å². The Morgan fingerprint density at radius 2 is 1.76 bits per heavy atom. The molecule has 0 spiro atoms. The van der Waals surface area contributed by atoms with Gasteiger partial charge in [-0.15, -0.1) is 0 Å². The number of carbonyl (C=O) groups is 2. The number of carboxylic acid groups (broad SMARTS) is 2. The summed E-state index contributed by atoms with van der Waals surface area (Å²) in [4.78, 5) is 21.6. The second-order valence-corrected chi connectivity index (χ2v) is 4.43. The zero-order valence-electron chi connectivity index (χ0n) is 9.30. The average Bonchev–Trinajstić information content (AvgIpc) is 3.09. The second-order valence-electron chi connectivity index (χ2n) is 4.43. The number of carboxylic acids is 2. The van der Waals surface area contributed by atoms with E-state index in [1.807, 2.05) is 12.1 Å². The van der Waals surface area contributed by atoms with E-state index in [1.165, 1.54) is 18.4 Å². The van der Waals surface area contributed by atoms with Crippen LogP contribution in [0.1, 0.15) is 42.2 Å². The van der Waals surface area contributed by atoms with Crippen LogP contribution in [0.4, 0.5) is 0 Å². The minimum atomic E-state index is -1.09. The Morgan fingerprint density at radius 1 is 1.18 bits per heavy atom. The van der Waals surface area contributed by atoms with Crippen molar-refractivity contribution in [3.8, 4) is 0 Å². The van der Waals surface area contributed by atoms with Crippen LogP contribution in [0.15, 0.2) is 24.3 Å². The van der Waals surface area contributed by atoms with Crippen LogP contribution < -0.4 is 0 Å². The molecule has 0 saturated heterocycles. The van der Waals surface area contributed by atoms with Gasteiger partial charge in [-0.1, -0.05) is 24.3 Å². The van der Waals surface area contributed by atoms with Gasteiger partial charge in [-0.25, -0.2) is 0 Å². The minimum Gasteiger partial charge on any atom is -0.481 e. The molecule has 1 atom stereocenters. The molecule has 1 aromatic rings. The Labute approximate surface area is 98.9 Å². The predicted octanol–water partition coefficient (Wildman–Crippen LogP) is 2.21. The normalized spacial score (nSPS) is 16.5.